The van der Waals surface area contributed by atoms with Crippen molar-refractivity contribution in [2.45, 2.75) is 56.2 Å². The molecule has 0 spiro atoms. The minimum atomic E-state index is 0.143. The summed E-state index contributed by atoms with van der Waals surface area (Å²) >= 11 is 0. The highest BCUT2D eigenvalue weighted by Crippen LogP contribution is 2.35. The van der Waals surface area contributed by atoms with E-state index in [0.717, 1.165) is 25.8 Å². The Kier molecular flexibility index (Phi) is 5.69. The Morgan fingerprint density at radius 3 is 2.50 bits per heavy atom. The summed E-state index contributed by atoms with van der Waals surface area (Å²) in [7, 11) is 0. The second kappa shape index (κ2) is 8.75. The van der Waals surface area contributed by atoms with Crippen molar-refractivity contribution < 1.29 is 4.74 Å². The molecule has 0 amide bonds. The third-order valence-corrected chi connectivity index (χ3v) is 7.00. The molecule has 1 aliphatic carbocycles. The van der Waals surface area contributed by atoms with Gasteiger partial charge in [-0.25, -0.2) is 0 Å². The van der Waals surface area contributed by atoms with Crippen LogP contribution in [0.5, 0.6) is 0 Å². The van der Waals surface area contributed by atoms with E-state index < -0.39 is 0 Å². The van der Waals surface area contributed by atoms with Crippen LogP contribution in [0.25, 0.3) is 10.8 Å². The van der Waals surface area contributed by atoms with Crippen molar-refractivity contribution in [2.24, 2.45) is 5.73 Å². The SMILES string of the molecule is N[C@H]1CCN(c2cncc3ccccc23)[C@H]1COC1CCC(c2ccccc2)CC1. The molecule has 30 heavy (non-hydrogen) atoms. The van der Waals surface area contributed by atoms with Gasteiger partial charge in [0, 0.05) is 29.6 Å². The maximum atomic E-state index is 6.52. The predicted molar refractivity (Wildman–Crippen MR) is 123 cm³/mol. The zero-order chi connectivity index (χ0) is 20.3. The molecular weight excluding hydrogens is 370 g/mol. The fourth-order valence-electron chi connectivity index (χ4n) is 5.24. The molecule has 2 N–H and O–H groups in total. The fraction of sp³-hybridized carbons (Fsp3) is 0.423. The van der Waals surface area contributed by atoms with Crippen LogP contribution < -0.4 is 10.6 Å². The predicted octanol–water partition coefficient (Wildman–Crippen LogP) is 4.88. The first-order valence-corrected chi connectivity index (χ1v) is 11.3. The summed E-state index contributed by atoms with van der Waals surface area (Å²) in [5.74, 6) is 0.679. The van der Waals surface area contributed by atoms with Gasteiger partial charge < -0.3 is 15.4 Å². The van der Waals surface area contributed by atoms with Crippen molar-refractivity contribution in [1.82, 2.24) is 4.98 Å². The van der Waals surface area contributed by atoms with Gasteiger partial charge >= 0.3 is 0 Å². The Morgan fingerprint density at radius 2 is 1.67 bits per heavy atom. The number of ether oxygens (including phenoxy) is 1. The third-order valence-electron chi connectivity index (χ3n) is 7.00. The van der Waals surface area contributed by atoms with E-state index in [2.05, 4.69) is 64.5 Å². The molecule has 4 nitrogen and oxygen atoms in total. The molecule has 1 aromatic heterocycles. The van der Waals surface area contributed by atoms with E-state index in [0.29, 0.717) is 18.6 Å². The zero-order valence-corrected chi connectivity index (χ0v) is 17.5. The molecule has 2 heterocycles. The van der Waals surface area contributed by atoms with E-state index in [1.807, 2.05) is 12.4 Å². The van der Waals surface area contributed by atoms with Gasteiger partial charge in [0.2, 0.25) is 0 Å². The van der Waals surface area contributed by atoms with Gasteiger partial charge in [-0.15, -0.1) is 0 Å². The van der Waals surface area contributed by atoms with Gasteiger partial charge in [0.15, 0.2) is 0 Å². The molecule has 1 saturated heterocycles. The summed E-state index contributed by atoms with van der Waals surface area (Å²) in [5.41, 5.74) is 9.18. The van der Waals surface area contributed by atoms with Gasteiger partial charge in [0.05, 0.1) is 30.6 Å². The lowest BCUT2D eigenvalue weighted by atomic mass is 9.83. The van der Waals surface area contributed by atoms with Gasteiger partial charge in [-0.1, -0.05) is 54.6 Å². The van der Waals surface area contributed by atoms with Gasteiger partial charge in [-0.2, -0.15) is 0 Å². The van der Waals surface area contributed by atoms with E-state index in [1.165, 1.54) is 34.9 Å². The van der Waals surface area contributed by atoms with E-state index in [9.17, 15) is 0 Å². The smallest absolute Gasteiger partial charge is 0.0688 e. The summed E-state index contributed by atoms with van der Waals surface area (Å²) in [4.78, 5) is 6.91. The summed E-state index contributed by atoms with van der Waals surface area (Å²) in [6.07, 6.45) is 9.96. The molecule has 4 heteroatoms. The number of hydrogen-bond donors (Lipinski definition) is 1. The Morgan fingerprint density at radius 1 is 0.900 bits per heavy atom. The van der Waals surface area contributed by atoms with Gasteiger partial charge in [-0.05, 0) is 43.6 Å². The number of nitrogens with two attached hydrogens (primary N) is 1. The molecule has 0 bridgehead atoms. The molecule has 2 fully saturated rings. The van der Waals surface area contributed by atoms with Crippen LogP contribution in [0.1, 0.15) is 43.6 Å². The highest BCUT2D eigenvalue weighted by Gasteiger charge is 2.34. The van der Waals surface area contributed by atoms with Crippen LogP contribution in [0.2, 0.25) is 0 Å². The van der Waals surface area contributed by atoms with Crippen molar-refractivity contribution in [3.05, 3.63) is 72.6 Å². The summed E-state index contributed by atoms with van der Waals surface area (Å²) < 4.78 is 6.44. The Balaban J connectivity index is 1.23. The second-order valence-electron chi connectivity index (χ2n) is 8.81. The Bertz CT molecular complexity index is 963. The monoisotopic (exact) mass is 401 g/mol. The van der Waals surface area contributed by atoms with Crippen LogP contribution in [0.4, 0.5) is 5.69 Å². The summed E-state index contributed by atoms with van der Waals surface area (Å²) in [6, 6.07) is 19.7. The van der Waals surface area contributed by atoms with Crippen molar-refractivity contribution in [3.8, 4) is 0 Å². The number of benzene rings is 2. The van der Waals surface area contributed by atoms with E-state index in [1.54, 1.807) is 0 Å². The lowest BCUT2D eigenvalue weighted by molar-refractivity contribution is 0.0162. The molecule has 2 atom stereocenters. The van der Waals surface area contributed by atoms with E-state index in [4.69, 9.17) is 10.5 Å². The second-order valence-corrected chi connectivity index (χ2v) is 8.81. The number of nitrogens with zero attached hydrogens (tertiary/aromatic N) is 2. The minimum absolute atomic E-state index is 0.143. The van der Waals surface area contributed by atoms with E-state index in [-0.39, 0.29) is 12.1 Å². The van der Waals surface area contributed by atoms with Crippen LogP contribution in [-0.2, 0) is 4.74 Å². The molecule has 0 unspecified atom stereocenters. The van der Waals surface area contributed by atoms with Crippen molar-refractivity contribution in [1.29, 1.82) is 0 Å². The first-order valence-electron chi connectivity index (χ1n) is 11.3. The highest BCUT2D eigenvalue weighted by atomic mass is 16.5. The maximum Gasteiger partial charge on any atom is 0.0688 e. The number of pyridine rings is 1. The minimum Gasteiger partial charge on any atom is -0.376 e. The highest BCUT2D eigenvalue weighted by molar-refractivity contribution is 5.93. The van der Waals surface area contributed by atoms with Crippen molar-refractivity contribution >= 4 is 16.5 Å². The lowest BCUT2D eigenvalue weighted by Gasteiger charge is -2.33. The Labute approximate surface area is 179 Å². The molecule has 2 aliphatic rings. The van der Waals surface area contributed by atoms with Crippen LogP contribution in [0, 0.1) is 0 Å². The number of aromatic nitrogens is 1. The first-order chi connectivity index (χ1) is 14.8. The number of anilines is 1. The molecule has 3 aromatic rings. The standard InChI is InChI=1S/C26H31N3O/c27-24-14-15-29(25-17-28-16-21-8-4-5-9-23(21)25)26(24)18-30-22-12-10-20(11-13-22)19-6-2-1-3-7-19/h1-9,16-17,20,22,24,26H,10-15,18,27H2/t20?,22?,24-,26-/m0/s1. The lowest BCUT2D eigenvalue weighted by Crippen LogP contribution is -2.44. The Hall–Kier alpha value is -2.43. The van der Waals surface area contributed by atoms with Crippen LogP contribution in [0.3, 0.4) is 0 Å². The van der Waals surface area contributed by atoms with Gasteiger partial charge in [0.1, 0.15) is 0 Å². The number of rotatable bonds is 5. The summed E-state index contributed by atoms with van der Waals surface area (Å²) in [5, 5.41) is 2.42. The number of hydrogen-bond acceptors (Lipinski definition) is 4. The average molecular weight is 402 g/mol. The van der Waals surface area contributed by atoms with Crippen LogP contribution >= 0.6 is 0 Å². The average Bonchev–Trinajstić information content (AvgIpc) is 3.18. The molecular formula is C26H31N3O. The molecule has 0 radical (unpaired) electrons. The summed E-state index contributed by atoms with van der Waals surface area (Å²) in [6.45, 7) is 1.66. The third kappa shape index (κ3) is 3.94. The quantitative estimate of drug-likeness (QED) is 0.662. The number of fused-ring (bicyclic) bond motifs is 1. The van der Waals surface area contributed by atoms with Gasteiger partial charge in [-0.3, -0.25) is 4.98 Å². The molecule has 156 valence electrons. The zero-order valence-electron chi connectivity index (χ0n) is 17.5. The topological polar surface area (TPSA) is 51.4 Å². The van der Waals surface area contributed by atoms with Crippen LogP contribution in [0.15, 0.2) is 67.0 Å². The van der Waals surface area contributed by atoms with Crippen molar-refractivity contribution in [3.63, 3.8) is 0 Å². The molecule has 1 saturated carbocycles. The fourth-order valence-corrected chi connectivity index (χ4v) is 5.24. The molecule has 2 aromatic carbocycles. The normalized spacial score (nSPS) is 26.9. The molecule has 1 aliphatic heterocycles. The van der Waals surface area contributed by atoms with Gasteiger partial charge in [0.25, 0.3) is 0 Å². The largest absolute Gasteiger partial charge is 0.376 e. The maximum absolute atomic E-state index is 6.52. The molecule has 5 rings (SSSR count). The first kappa shape index (κ1) is 19.5. The van der Waals surface area contributed by atoms with E-state index >= 15 is 0 Å². The van der Waals surface area contributed by atoms with Crippen molar-refractivity contribution in [2.75, 3.05) is 18.1 Å². The van der Waals surface area contributed by atoms with Crippen LogP contribution in [-0.4, -0.2) is 36.3 Å².